The highest BCUT2D eigenvalue weighted by atomic mass is 15.1. The summed E-state index contributed by atoms with van der Waals surface area (Å²) in [5.74, 6) is 0. The third-order valence-corrected chi connectivity index (χ3v) is 1.40. The van der Waals surface area contributed by atoms with Crippen molar-refractivity contribution in [3.8, 4) is 0 Å². The van der Waals surface area contributed by atoms with Crippen molar-refractivity contribution in [1.82, 2.24) is 9.80 Å². The van der Waals surface area contributed by atoms with Gasteiger partial charge in [0.2, 0.25) is 0 Å². The molecule has 0 aromatic rings. The lowest BCUT2D eigenvalue weighted by atomic mass is 10.4. The minimum atomic E-state index is 0.933. The maximum atomic E-state index is 4.40. The second-order valence-electron chi connectivity index (χ2n) is 4.18. The molecule has 4 heteroatoms. The normalized spacial score (nSPS) is 12.6. The zero-order chi connectivity index (χ0) is 11.1. The number of nitrogens with one attached hydrogen (secondary N) is 1. The second kappa shape index (κ2) is 6.43. The molecule has 0 amide bonds. The van der Waals surface area contributed by atoms with E-state index in [1.54, 1.807) is 0 Å². The Morgan fingerprint density at radius 1 is 1.14 bits per heavy atom. The molecule has 0 radical (unpaired) electrons. The van der Waals surface area contributed by atoms with Crippen LogP contribution in [0.1, 0.15) is 0 Å². The van der Waals surface area contributed by atoms with Crippen LogP contribution in [0.2, 0.25) is 0 Å². The topological polar surface area (TPSA) is 23.3 Å². The Bertz CT molecular complexity index is 204. The summed E-state index contributed by atoms with van der Waals surface area (Å²) >= 11 is 0. The van der Waals surface area contributed by atoms with E-state index >= 15 is 0 Å². The number of quaternary nitrogens is 1. The van der Waals surface area contributed by atoms with Crippen molar-refractivity contribution in [2.75, 3.05) is 48.8 Å². The van der Waals surface area contributed by atoms with Gasteiger partial charge in [0.15, 0.2) is 0 Å². The van der Waals surface area contributed by atoms with Crippen molar-refractivity contribution in [2.45, 2.75) is 0 Å². The summed E-state index contributed by atoms with van der Waals surface area (Å²) in [5.41, 5.74) is 1.09. The molecule has 14 heavy (non-hydrogen) atoms. The number of likely N-dealkylation sites (N-methyl/N-ethyl adjacent to an activating group) is 1. The molecule has 0 rings (SSSR count). The highest BCUT2D eigenvalue weighted by Crippen LogP contribution is 1.93. The van der Waals surface area contributed by atoms with Crippen molar-refractivity contribution in [3.63, 3.8) is 0 Å². The van der Waals surface area contributed by atoms with E-state index in [0.29, 0.717) is 0 Å². The predicted octanol–water partition coefficient (Wildman–Crippen LogP) is -0.876. The van der Waals surface area contributed by atoms with E-state index in [4.69, 9.17) is 0 Å². The molecule has 0 unspecified atom stereocenters. The van der Waals surface area contributed by atoms with Gasteiger partial charge in [0, 0.05) is 34.4 Å². The SMILES string of the molecule is CN(C)C=N/C(=C\N(C)C)C[NH+](C)C. The Labute approximate surface area is 87.5 Å². The molecule has 1 N–H and O–H groups in total. The zero-order valence-corrected chi connectivity index (χ0v) is 10.2. The first-order chi connectivity index (χ1) is 6.41. The smallest absolute Gasteiger partial charge is 0.121 e. The minimum absolute atomic E-state index is 0.933. The molecule has 0 aliphatic carbocycles. The molecule has 0 atom stereocenters. The van der Waals surface area contributed by atoms with Crippen LogP contribution in [0.5, 0.6) is 0 Å². The summed E-state index contributed by atoms with van der Waals surface area (Å²) in [5, 5.41) is 0. The van der Waals surface area contributed by atoms with Crippen LogP contribution in [-0.2, 0) is 0 Å². The van der Waals surface area contributed by atoms with Crippen molar-refractivity contribution < 1.29 is 4.90 Å². The Morgan fingerprint density at radius 2 is 1.71 bits per heavy atom. The minimum Gasteiger partial charge on any atom is -0.382 e. The Hall–Kier alpha value is -1.03. The Kier molecular flexibility index (Phi) is 5.95. The van der Waals surface area contributed by atoms with Gasteiger partial charge in [-0.25, -0.2) is 4.99 Å². The van der Waals surface area contributed by atoms with E-state index in [-0.39, 0.29) is 0 Å². The first kappa shape index (κ1) is 13.0. The first-order valence-corrected chi connectivity index (χ1v) is 4.78. The van der Waals surface area contributed by atoms with Gasteiger partial charge in [0.1, 0.15) is 12.2 Å². The van der Waals surface area contributed by atoms with Gasteiger partial charge in [-0.3, -0.25) is 0 Å². The number of rotatable bonds is 5. The molecule has 0 aliphatic heterocycles. The van der Waals surface area contributed by atoms with Gasteiger partial charge in [-0.1, -0.05) is 0 Å². The lowest BCUT2D eigenvalue weighted by Crippen LogP contribution is -3.05. The molecule has 0 spiro atoms. The fourth-order valence-corrected chi connectivity index (χ4v) is 0.975. The van der Waals surface area contributed by atoms with Crippen molar-refractivity contribution in [2.24, 2.45) is 4.99 Å². The van der Waals surface area contributed by atoms with Crippen LogP contribution in [0.15, 0.2) is 16.9 Å². The number of hydrogen-bond acceptors (Lipinski definition) is 2. The van der Waals surface area contributed by atoms with Crippen LogP contribution < -0.4 is 4.90 Å². The van der Waals surface area contributed by atoms with E-state index in [0.717, 1.165) is 12.2 Å². The summed E-state index contributed by atoms with van der Waals surface area (Å²) in [4.78, 5) is 9.73. The second-order valence-corrected chi connectivity index (χ2v) is 4.18. The maximum Gasteiger partial charge on any atom is 0.121 e. The van der Waals surface area contributed by atoms with Gasteiger partial charge in [-0.05, 0) is 0 Å². The number of nitrogens with zero attached hydrogens (tertiary/aromatic N) is 3. The third-order valence-electron chi connectivity index (χ3n) is 1.40. The number of aliphatic imine (C=N–C) groups is 1. The van der Waals surface area contributed by atoms with E-state index in [1.807, 2.05) is 50.5 Å². The summed E-state index contributed by atoms with van der Waals surface area (Å²) < 4.78 is 0. The van der Waals surface area contributed by atoms with Gasteiger partial charge < -0.3 is 14.7 Å². The molecule has 0 saturated heterocycles. The molecule has 0 bridgehead atoms. The molecule has 0 aromatic heterocycles. The molecular formula is C10H23N4+. The quantitative estimate of drug-likeness (QED) is 0.459. The van der Waals surface area contributed by atoms with Gasteiger partial charge in [0.05, 0.1) is 20.4 Å². The average molecular weight is 199 g/mol. The summed E-state index contributed by atoms with van der Waals surface area (Å²) in [7, 11) is 12.2. The Morgan fingerprint density at radius 3 is 2.07 bits per heavy atom. The van der Waals surface area contributed by atoms with E-state index < -0.39 is 0 Å². The van der Waals surface area contributed by atoms with E-state index in [1.165, 1.54) is 4.90 Å². The lowest BCUT2D eigenvalue weighted by Gasteiger charge is -2.11. The largest absolute Gasteiger partial charge is 0.382 e. The van der Waals surface area contributed by atoms with Crippen molar-refractivity contribution in [3.05, 3.63) is 11.9 Å². The van der Waals surface area contributed by atoms with Crippen LogP contribution in [0.25, 0.3) is 0 Å². The van der Waals surface area contributed by atoms with Gasteiger partial charge in [0.25, 0.3) is 0 Å². The Balaban J connectivity index is 4.40. The van der Waals surface area contributed by atoms with Crippen LogP contribution in [0.4, 0.5) is 0 Å². The van der Waals surface area contributed by atoms with E-state index in [2.05, 4.69) is 19.1 Å². The van der Waals surface area contributed by atoms with Gasteiger partial charge in [-0.15, -0.1) is 0 Å². The summed E-state index contributed by atoms with van der Waals surface area (Å²) in [6, 6.07) is 0. The monoisotopic (exact) mass is 199 g/mol. The van der Waals surface area contributed by atoms with Crippen molar-refractivity contribution >= 4 is 6.34 Å². The number of hydrogen-bond donors (Lipinski definition) is 1. The van der Waals surface area contributed by atoms with Crippen LogP contribution in [0, 0.1) is 0 Å². The maximum absolute atomic E-state index is 4.40. The summed E-state index contributed by atoms with van der Waals surface area (Å²) in [6.45, 7) is 0.933. The van der Waals surface area contributed by atoms with E-state index in [9.17, 15) is 0 Å². The molecule has 0 aromatic carbocycles. The first-order valence-electron chi connectivity index (χ1n) is 4.78. The highest BCUT2D eigenvalue weighted by molar-refractivity contribution is 5.55. The molecule has 82 valence electrons. The predicted molar refractivity (Wildman–Crippen MR) is 61.6 cm³/mol. The van der Waals surface area contributed by atoms with Gasteiger partial charge in [-0.2, -0.15) is 0 Å². The average Bonchev–Trinajstić information content (AvgIpc) is 1.97. The summed E-state index contributed by atoms with van der Waals surface area (Å²) in [6.07, 6.45) is 3.88. The molecule has 0 aliphatic rings. The third kappa shape index (κ3) is 7.61. The molecule has 0 heterocycles. The molecule has 0 saturated carbocycles. The molecule has 0 fully saturated rings. The molecule has 4 nitrogen and oxygen atoms in total. The van der Waals surface area contributed by atoms with Crippen LogP contribution >= 0.6 is 0 Å². The zero-order valence-electron chi connectivity index (χ0n) is 10.2. The fraction of sp³-hybridized carbons (Fsp3) is 0.700. The fourth-order valence-electron chi connectivity index (χ4n) is 0.975. The molecular weight excluding hydrogens is 176 g/mol. The van der Waals surface area contributed by atoms with Crippen LogP contribution in [0.3, 0.4) is 0 Å². The lowest BCUT2D eigenvalue weighted by molar-refractivity contribution is -0.853. The highest BCUT2D eigenvalue weighted by Gasteiger charge is 2.00. The van der Waals surface area contributed by atoms with Crippen LogP contribution in [-0.4, -0.2) is 65.0 Å². The standard InChI is InChI=1S/C10H22N4/c1-12(2)7-10(8-13(3)4)11-9-14(5)6/h7,9H,8H2,1-6H3/p+1/b10-7-,11-9?. The van der Waals surface area contributed by atoms with Crippen molar-refractivity contribution in [1.29, 1.82) is 0 Å². The van der Waals surface area contributed by atoms with Gasteiger partial charge >= 0.3 is 0 Å².